The van der Waals surface area contributed by atoms with E-state index in [1.165, 1.54) is 5.56 Å². The van der Waals surface area contributed by atoms with Gasteiger partial charge < -0.3 is 10.6 Å². The van der Waals surface area contributed by atoms with Gasteiger partial charge in [-0.15, -0.1) is 0 Å². The van der Waals surface area contributed by atoms with Crippen molar-refractivity contribution in [1.29, 1.82) is 0 Å². The lowest BCUT2D eigenvalue weighted by Crippen LogP contribution is -2.25. The van der Waals surface area contributed by atoms with Gasteiger partial charge in [0.05, 0.1) is 0 Å². The van der Waals surface area contributed by atoms with Gasteiger partial charge in [-0.1, -0.05) is 33.8 Å². The van der Waals surface area contributed by atoms with Crippen LogP contribution in [0.5, 0.6) is 0 Å². The highest BCUT2D eigenvalue weighted by atomic mass is 15.0. The fourth-order valence-corrected chi connectivity index (χ4v) is 2.53. The molecule has 0 aromatic carbocycles. The second-order valence-corrected chi connectivity index (χ2v) is 6.00. The third-order valence-corrected chi connectivity index (χ3v) is 3.79. The van der Waals surface area contributed by atoms with E-state index in [0.29, 0.717) is 17.8 Å². The number of hydrogen-bond acceptors (Lipinski definition) is 3. The summed E-state index contributed by atoms with van der Waals surface area (Å²) in [5.74, 6) is 3.05. The van der Waals surface area contributed by atoms with E-state index < -0.39 is 0 Å². The Hall–Kier alpha value is -1.09. The van der Waals surface area contributed by atoms with Crippen LogP contribution in [-0.4, -0.2) is 18.6 Å². The third kappa shape index (κ3) is 4.83. The predicted octanol–water partition coefficient (Wildman–Crippen LogP) is 3.45. The lowest BCUT2D eigenvalue weighted by Gasteiger charge is -2.25. The lowest BCUT2D eigenvalue weighted by atomic mass is 9.85. The quantitative estimate of drug-likeness (QED) is 0.791. The predicted molar refractivity (Wildman–Crippen MR) is 83.4 cm³/mol. The highest BCUT2D eigenvalue weighted by Gasteiger charge is 2.17. The van der Waals surface area contributed by atoms with Crippen LogP contribution in [-0.2, 0) is 6.54 Å². The van der Waals surface area contributed by atoms with Crippen molar-refractivity contribution in [3.05, 3.63) is 23.4 Å². The summed E-state index contributed by atoms with van der Waals surface area (Å²) in [4.78, 5) is 4.63. The number of pyridine rings is 1. The SMILES string of the molecule is CNCc1ccc(NCC(C(C)C)C(C)C)nc1C. The monoisotopic (exact) mass is 263 g/mol. The molecule has 3 heteroatoms. The summed E-state index contributed by atoms with van der Waals surface area (Å²) in [5.41, 5.74) is 2.36. The molecule has 3 nitrogen and oxygen atoms in total. The Morgan fingerprint density at radius 2 is 1.74 bits per heavy atom. The van der Waals surface area contributed by atoms with Crippen molar-refractivity contribution in [2.75, 3.05) is 18.9 Å². The van der Waals surface area contributed by atoms with Gasteiger partial charge in [0.2, 0.25) is 0 Å². The summed E-state index contributed by atoms with van der Waals surface area (Å²) in [6.45, 7) is 13.1. The minimum absolute atomic E-state index is 0.680. The topological polar surface area (TPSA) is 37.0 Å². The maximum atomic E-state index is 4.63. The largest absolute Gasteiger partial charge is 0.370 e. The van der Waals surface area contributed by atoms with E-state index in [1.807, 2.05) is 7.05 Å². The summed E-state index contributed by atoms with van der Waals surface area (Å²) >= 11 is 0. The Labute approximate surface area is 118 Å². The second kappa shape index (κ2) is 7.49. The highest BCUT2D eigenvalue weighted by Crippen LogP contribution is 2.21. The first-order valence-corrected chi connectivity index (χ1v) is 7.30. The molecule has 0 unspecified atom stereocenters. The van der Waals surface area contributed by atoms with Crippen LogP contribution in [0, 0.1) is 24.7 Å². The molecule has 0 fully saturated rings. The fourth-order valence-electron chi connectivity index (χ4n) is 2.53. The van der Waals surface area contributed by atoms with Crippen LogP contribution in [0.15, 0.2) is 12.1 Å². The molecule has 1 heterocycles. The van der Waals surface area contributed by atoms with Gasteiger partial charge in [0, 0.05) is 18.8 Å². The minimum atomic E-state index is 0.680. The van der Waals surface area contributed by atoms with Crippen LogP contribution >= 0.6 is 0 Å². The summed E-state index contributed by atoms with van der Waals surface area (Å²) in [6.07, 6.45) is 0. The van der Waals surface area contributed by atoms with Gasteiger partial charge in [0.1, 0.15) is 5.82 Å². The van der Waals surface area contributed by atoms with Crippen molar-refractivity contribution in [3.63, 3.8) is 0 Å². The average molecular weight is 263 g/mol. The molecule has 0 saturated carbocycles. The van der Waals surface area contributed by atoms with E-state index >= 15 is 0 Å². The fraction of sp³-hybridized carbons (Fsp3) is 0.688. The molecule has 1 rings (SSSR count). The number of aryl methyl sites for hydroxylation is 1. The van der Waals surface area contributed by atoms with Gasteiger partial charge in [-0.3, -0.25) is 0 Å². The van der Waals surface area contributed by atoms with Crippen molar-refractivity contribution in [2.24, 2.45) is 17.8 Å². The molecule has 0 saturated heterocycles. The van der Waals surface area contributed by atoms with Crippen molar-refractivity contribution >= 4 is 5.82 Å². The standard InChI is InChI=1S/C16H29N3/c1-11(2)15(12(3)4)10-18-16-8-7-14(9-17-6)13(5)19-16/h7-8,11-12,15,17H,9-10H2,1-6H3,(H,18,19). The molecule has 0 atom stereocenters. The smallest absolute Gasteiger partial charge is 0.126 e. The zero-order valence-electron chi connectivity index (χ0n) is 13.2. The van der Waals surface area contributed by atoms with Crippen LogP contribution in [0.25, 0.3) is 0 Å². The number of rotatable bonds is 7. The van der Waals surface area contributed by atoms with E-state index in [9.17, 15) is 0 Å². The van der Waals surface area contributed by atoms with E-state index in [-0.39, 0.29) is 0 Å². The van der Waals surface area contributed by atoms with Gasteiger partial charge in [-0.05, 0) is 43.4 Å². The lowest BCUT2D eigenvalue weighted by molar-refractivity contribution is 0.304. The average Bonchev–Trinajstić information content (AvgIpc) is 2.32. The molecule has 0 aliphatic rings. The maximum Gasteiger partial charge on any atom is 0.126 e. The Morgan fingerprint density at radius 1 is 1.11 bits per heavy atom. The molecular weight excluding hydrogens is 234 g/mol. The first-order chi connectivity index (χ1) is 8.95. The normalized spacial score (nSPS) is 11.6. The number of anilines is 1. The van der Waals surface area contributed by atoms with Gasteiger partial charge in [-0.25, -0.2) is 4.98 Å². The van der Waals surface area contributed by atoms with E-state index in [0.717, 1.165) is 24.6 Å². The first-order valence-electron chi connectivity index (χ1n) is 7.30. The second-order valence-electron chi connectivity index (χ2n) is 6.00. The van der Waals surface area contributed by atoms with Crippen LogP contribution in [0.4, 0.5) is 5.82 Å². The van der Waals surface area contributed by atoms with Crippen molar-refractivity contribution in [2.45, 2.75) is 41.2 Å². The Bertz CT molecular complexity index is 378. The zero-order valence-corrected chi connectivity index (χ0v) is 13.2. The summed E-state index contributed by atoms with van der Waals surface area (Å²) in [6, 6.07) is 4.23. The van der Waals surface area contributed by atoms with Gasteiger partial charge >= 0.3 is 0 Å². The molecule has 0 spiro atoms. The number of nitrogens with one attached hydrogen (secondary N) is 2. The molecule has 108 valence electrons. The van der Waals surface area contributed by atoms with Crippen molar-refractivity contribution < 1.29 is 0 Å². The minimum Gasteiger partial charge on any atom is -0.370 e. The van der Waals surface area contributed by atoms with Gasteiger partial charge in [0.25, 0.3) is 0 Å². The molecular formula is C16H29N3. The molecule has 19 heavy (non-hydrogen) atoms. The maximum absolute atomic E-state index is 4.63. The summed E-state index contributed by atoms with van der Waals surface area (Å²) in [7, 11) is 1.96. The highest BCUT2D eigenvalue weighted by molar-refractivity contribution is 5.38. The molecule has 1 aromatic heterocycles. The van der Waals surface area contributed by atoms with Crippen LogP contribution < -0.4 is 10.6 Å². The molecule has 0 amide bonds. The molecule has 0 aliphatic carbocycles. The van der Waals surface area contributed by atoms with Crippen LogP contribution in [0.2, 0.25) is 0 Å². The third-order valence-electron chi connectivity index (χ3n) is 3.79. The molecule has 0 radical (unpaired) electrons. The van der Waals surface area contributed by atoms with E-state index in [4.69, 9.17) is 0 Å². The number of nitrogens with zero attached hydrogens (tertiary/aromatic N) is 1. The molecule has 2 N–H and O–H groups in total. The van der Waals surface area contributed by atoms with E-state index in [2.05, 4.69) is 62.4 Å². The Kier molecular flexibility index (Phi) is 6.29. The first kappa shape index (κ1) is 16.0. The number of hydrogen-bond donors (Lipinski definition) is 2. The van der Waals surface area contributed by atoms with Crippen LogP contribution in [0.3, 0.4) is 0 Å². The zero-order chi connectivity index (χ0) is 14.4. The van der Waals surface area contributed by atoms with Crippen LogP contribution in [0.1, 0.15) is 39.0 Å². The van der Waals surface area contributed by atoms with E-state index in [1.54, 1.807) is 0 Å². The summed E-state index contributed by atoms with van der Waals surface area (Å²) < 4.78 is 0. The Morgan fingerprint density at radius 3 is 2.21 bits per heavy atom. The number of aromatic nitrogens is 1. The van der Waals surface area contributed by atoms with Gasteiger partial charge in [0.15, 0.2) is 0 Å². The molecule has 0 bridgehead atoms. The van der Waals surface area contributed by atoms with Gasteiger partial charge in [-0.2, -0.15) is 0 Å². The molecule has 0 aliphatic heterocycles. The summed E-state index contributed by atoms with van der Waals surface area (Å²) in [5, 5.41) is 6.65. The molecule has 1 aromatic rings. The van der Waals surface area contributed by atoms with Crippen molar-refractivity contribution in [1.82, 2.24) is 10.3 Å². The van der Waals surface area contributed by atoms with Crippen molar-refractivity contribution in [3.8, 4) is 0 Å². The Balaban J connectivity index is 2.65.